The van der Waals surface area contributed by atoms with E-state index in [2.05, 4.69) is 13.8 Å². The van der Waals surface area contributed by atoms with Crippen LogP contribution in [-0.4, -0.2) is 21.2 Å². The second-order valence-corrected chi connectivity index (χ2v) is 3.05. The van der Waals surface area contributed by atoms with E-state index in [1.807, 2.05) is 12.3 Å². The van der Waals surface area contributed by atoms with Gasteiger partial charge in [-0.25, -0.2) is 0 Å². The summed E-state index contributed by atoms with van der Waals surface area (Å²) in [5.41, 5.74) is 0. The van der Waals surface area contributed by atoms with E-state index in [1.165, 1.54) is 0 Å². The van der Waals surface area contributed by atoms with Gasteiger partial charge in [0.25, 0.3) is 0 Å². The van der Waals surface area contributed by atoms with Crippen LogP contribution in [0.25, 0.3) is 0 Å². The summed E-state index contributed by atoms with van der Waals surface area (Å²) in [4.78, 5) is 0. The van der Waals surface area contributed by atoms with Crippen molar-refractivity contribution in [2.45, 2.75) is 0 Å². The maximum atomic E-state index is 3.15. The average Bonchev–Trinajstić information content (AvgIpc) is 1.72. The van der Waals surface area contributed by atoms with Crippen LogP contribution in [0.5, 0.6) is 0 Å². The van der Waals surface area contributed by atoms with Gasteiger partial charge >= 0.3 is 47.2 Å². The number of hydrogen-bond acceptors (Lipinski definition) is 1. The molecule has 0 spiro atoms. The molecule has 1 N–H and O–H groups in total. The van der Waals surface area contributed by atoms with E-state index in [4.69, 9.17) is 0 Å². The van der Waals surface area contributed by atoms with Crippen molar-refractivity contribution in [3.63, 3.8) is 0 Å². The second-order valence-electron chi connectivity index (χ2n) is 0.923. The van der Waals surface area contributed by atoms with Gasteiger partial charge in [-0.05, 0) is 0 Å². The molecule has 0 saturated heterocycles. The van der Waals surface area contributed by atoms with Crippen molar-refractivity contribution in [3.05, 3.63) is 22.5 Å². The van der Waals surface area contributed by atoms with Crippen LogP contribution < -0.4 is 3.57 Å². The van der Waals surface area contributed by atoms with Crippen LogP contribution in [-0.2, 0) is 0 Å². The van der Waals surface area contributed by atoms with Gasteiger partial charge in [0.1, 0.15) is 0 Å². The molecular weight excluding hydrogens is 190 g/mol. The molecular formula is C4H5NTe. The Balaban J connectivity index is 2.46. The minimum absolute atomic E-state index is 0.0546. The molecule has 1 heterocycles. The first kappa shape index (κ1) is 4.23. The van der Waals surface area contributed by atoms with Gasteiger partial charge in [-0.1, -0.05) is 0 Å². The van der Waals surface area contributed by atoms with Crippen molar-refractivity contribution in [2.75, 3.05) is 0 Å². The molecule has 0 unspecified atom stereocenters. The van der Waals surface area contributed by atoms with Gasteiger partial charge in [0.15, 0.2) is 0 Å². The van der Waals surface area contributed by atoms with Crippen LogP contribution >= 0.6 is 0 Å². The molecule has 0 amide bonds. The molecule has 6 heavy (non-hydrogen) atoms. The predicted molar refractivity (Wildman–Crippen MR) is 27.2 cm³/mol. The fraction of sp³-hybridized carbons (Fsp3) is 0. The van der Waals surface area contributed by atoms with E-state index >= 15 is 0 Å². The Morgan fingerprint density at radius 2 is 2.33 bits per heavy atom. The topological polar surface area (TPSA) is 12.0 Å². The first-order chi connectivity index (χ1) is 3.00. The summed E-state index contributed by atoms with van der Waals surface area (Å²) in [6, 6.07) is 0. The molecule has 0 aromatic heterocycles. The number of nitrogens with one attached hydrogen (secondary N) is 1. The zero-order valence-corrected chi connectivity index (χ0v) is 5.55. The molecule has 2 heteroatoms. The Morgan fingerprint density at radius 1 is 1.33 bits per heavy atom. The molecule has 0 bridgehead atoms. The minimum atomic E-state index is 0.0546. The van der Waals surface area contributed by atoms with Gasteiger partial charge in [0.2, 0.25) is 0 Å². The maximum absolute atomic E-state index is 3.15. The molecule has 1 rings (SSSR count). The molecule has 0 aliphatic carbocycles. The Hall–Kier alpha value is 0.0696. The monoisotopic (exact) mass is 197 g/mol. The first-order valence-corrected chi connectivity index (χ1v) is 4.24. The Bertz CT molecular complexity index is 73.5. The summed E-state index contributed by atoms with van der Waals surface area (Å²) in [7, 11) is 0. The Morgan fingerprint density at radius 3 is 2.50 bits per heavy atom. The normalized spacial score (nSPS) is 17.3. The summed E-state index contributed by atoms with van der Waals surface area (Å²) >= 11 is 0.0546. The molecule has 0 saturated carbocycles. The zero-order chi connectivity index (χ0) is 4.24. The van der Waals surface area contributed by atoms with Crippen molar-refractivity contribution < 1.29 is 0 Å². The summed E-state index contributed by atoms with van der Waals surface area (Å²) in [6.07, 6.45) is 6.08. The van der Waals surface area contributed by atoms with E-state index in [1.54, 1.807) is 0 Å². The Kier molecular flexibility index (Phi) is 1.61. The first-order valence-electron chi connectivity index (χ1n) is 1.73. The van der Waals surface area contributed by atoms with Crippen LogP contribution in [0.1, 0.15) is 0 Å². The standard InChI is InChI=1S/C4H5NTe/c1-2-4-6-5-3-1/h1-5H. The Labute approximate surface area is 47.6 Å². The van der Waals surface area contributed by atoms with E-state index in [0.29, 0.717) is 0 Å². The van der Waals surface area contributed by atoms with Crippen molar-refractivity contribution in [1.29, 1.82) is 0 Å². The van der Waals surface area contributed by atoms with Crippen LogP contribution in [0.2, 0.25) is 0 Å². The van der Waals surface area contributed by atoms with Gasteiger partial charge in [0.05, 0.1) is 0 Å². The van der Waals surface area contributed by atoms with Gasteiger partial charge in [-0.3, -0.25) is 0 Å². The van der Waals surface area contributed by atoms with E-state index in [-0.39, 0.29) is 21.2 Å². The van der Waals surface area contributed by atoms with Crippen LogP contribution in [0.4, 0.5) is 0 Å². The fourth-order valence-electron chi connectivity index (χ4n) is 0.258. The van der Waals surface area contributed by atoms with E-state index in [0.717, 1.165) is 0 Å². The molecule has 0 atom stereocenters. The molecule has 0 fully saturated rings. The summed E-state index contributed by atoms with van der Waals surface area (Å²) in [5.74, 6) is 0. The summed E-state index contributed by atoms with van der Waals surface area (Å²) in [6.45, 7) is 0. The van der Waals surface area contributed by atoms with Gasteiger partial charge in [-0.15, -0.1) is 0 Å². The van der Waals surface area contributed by atoms with Crippen LogP contribution in [0.3, 0.4) is 0 Å². The van der Waals surface area contributed by atoms with Crippen molar-refractivity contribution >= 4 is 21.2 Å². The third kappa shape index (κ3) is 1.04. The summed E-state index contributed by atoms with van der Waals surface area (Å²) in [5, 5.41) is 0. The van der Waals surface area contributed by atoms with Gasteiger partial charge in [-0.2, -0.15) is 0 Å². The third-order valence-corrected chi connectivity index (χ3v) is 2.10. The molecule has 0 aromatic carbocycles. The number of rotatable bonds is 0. The third-order valence-electron chi connectivity index (χ3n) is 0.490. The number of hydrogen-bond donors (Lipinski definition) is 1. The molecule has 32 valence electrons. The van der Waals surface area contributed by atoms with E-state index < -0.39 is 0 Å². The molecule has 0 radical (unpaired) electrons. The fourth-order valence-corrected chi connectivity index (χ4v) is 1.41. The molecule has 1 nitrogen and oxygen atoms in total. The van der Waals surface area contributed by atoms with Gasteiger partial charge in [0, 0.05) is 0 Å². The van der Waals surface area contributed by atoms with Crippen molar-refractivity contribution in [3.8, 4) is 0 Å². The van der Waals surface area contributed by atoms with E-state index in [9.17, 15) is 0 Å². The van der Waals surface area contributed by atoms with Crippen LogP contribution in [0.15, 0.2) is 22.5 Å². The number of allylic oxidation sites excluding steroid dienone is 2. The van der Waals surface area contributed by atoms with Crippen molar-refractivity contribution in [2.24, 2.45) is 0 Å². The summed E-state index contributed by atoms with van der Waals surface area (Å²) < 4.78 is 5.35. The predicted octanol–water partition coefficient (Wildman–Crippen LogP) is 0.236. The molecule has 1 aliphatic heterocycles. The molecule has 1 aliphatic rings. The van der Waals surface area contributed by atoms with Crippen LogP contribution in [0, 0.1) is 0 Å². The quantitative estimate of drug-likeness (QED) is 0.545. The average molecular weight is 195 g/mol. The zero-order valence-electron chi connectivity index (χ0n) is 3.22. The van der Waals surface area contributed by atoms with Gasteiger partial charge < -0.3 is 0 Å². The molecule has 0 aromatic rings. The SMILES string of the molecule is C1=CN[Te]C=C1. The van der Waals surface area contributed by atoms with Crippen molar-refractivity contribution in [1.82, 2.24) is 3.57 Å². The second kappa shape index (κ2) is 2.28.